The molecular formula is C13H15N3O2S. The number of aryl methyl sites for hydroxylation is 1. The Morgan fingerprint density at radius 2 is 2.53 bits per heavy atom. The van der Waals surface area contributed by atoms with E-state index in [0.717, 1.165) is 29.2 Å². The van der Waals surface area contributed by atoms with Crippen LogP contribution < -0.4 is 5.32 Å². The topological polar surface area (TPSA) is 56.2 Å². The lowest BCUT2D eigenvalue weighted by molar-refractivity contribution is 0.0951. The van der Waals surface area contributed by atoms with Crippen molar-refractivity contribution in [2.75, 3.05) is 6.61 Å². The van der Waals surface area contributed by atoms with Gasteiger partial charge in [0.25, 0.3) is 5.91 Å². The van der Waals surface area contributed by atoms with Crippen LogP contribution in [0.3, 0.4) is 0 Å². The first kappa shape index (κ1) is 12.4. The largest absolute Gasteiger partial charge is 0.376 e. The number of hydrogen-bond donors (Lipinski definition) is 1. The van der Waals surface area contributed by atoms with Crippen LogP contribution >= 0.6 is 11.3 Å². The van der Waals surface area contributed by atoms with Crippen LogP contribution in [0, 0.1) is 0 Å². The third-order valence-corrected chi connectivity index (χ3v) is 4.12. The first-order valence-electron chi connectivity index (χ1n) is 6.19. The van der Waals surface area contributed by atoms with Crippen LogP contribution in [0.5, 0.6) is 0 Å². The lowest BCUT2D eigenvalue weighted by Gasteiger charge is -2.13. The zero-order valence-corrected chi connectivity index (χ0v) is 11.5. The number of fused-ring (bicyclic) bond motifs is 1. The second-order valence-electron chi connectivity index (χ2n) is 4.46. The summed E-state index contributed by atoms with van der Waals surface area (Å²) in [5, 5.41) is 9.27. The highest BCUT2D eigenvalue weighted by Crippen LogP contribution is 2.20. The molecule has 0 radical (unpaired) electrons. The zero-order valence-electron chi connectivity index (χ0n) is 10.7. The standard InChI is InChI=1S/C13H15N3O2S/c1-16-11-4-5-18-8-9(11)10(15-16)7-14-13(17)12-3-2-6-19-12/h2-3,6H,4-5,7-8H2,1H3,(H,14,17). The fraction of sp³-hybridized carbons (Fsp3) is 0.385. The Morgan fingerprint density at radius 3 is 3.32 bits per heavy atom. The maximum absolute atomic E-state index is 11.9. The summed E-state index contributed by atoms with van der Waals surface area (Å²) in [4.78, 5) is 12.6. The fourth-order valence-electron chi connectivity index (χ4n) is 2.29. The van der Waals surface area contributed by atoms with Crippen molar-refractivity contribution in [3.63, 3.8) is 0 Å². The van der Waals surface area contributed by atoms with Crippen molar-refractivity contribution < 1.29 is 9.53 Å². The van der Waals surface area contributed by atoms with Crippen LogP contribution in [0.2, 0.25) is 0 Å². The molecule has 3 heterocycles. The summed E-state index contributed by atoms with van der Waals surface area (Å²) in [6.07, 6.45) is 0.887. The number of nitrogens with zero attached hydrogens (tertiary/aromatic N) is 2. The highest BCUT2D eigenvalue weighted by atomic mass is 32.1. The van der Waals surface area contributed by atoms with Crippen molar-refractivity contribution in [1.29, 1.82) is 0 Å². The van der Waals surface area contributed by atoms with E-state index in [1.165, 1.54) is 17.0 Å². The fourth-order valence-corrected chi connectivity index (χ4v) is 2.93. The molecule has 2 aromatic rings. The molecule has 1 aliphatic heterocycles. The predicted octanol–water partition coefficient (Wildman–Crippen LogP) is 1.48. The molecule has 2 aromatic heterocycles. The van der Waals surface area contributed by atoms with Crippen LogP contribution in [-0.4, -0.2) is 22.3 Å². The van der Waals surface area contributed by atoms with Gasteiger partial charge in [-0.25, -0.2) is 0 Å². The van der Waals surface area contributed by atoms with E-state index in [0.29, 0.717) is 13.2 Å². The summed E-state index contributed by atoms with van der Waals surface area (Å²) in [5.41, 5.74) is 3.24. The molecule has 0 saturated heterocycles. The number of thiophene rings is 1. The highest BCUT2D eigenvalue weighted by molar-refractivity contribution is 7.12. The normalized spacial score (nSPS) is 14.2. The number of nitrogens with one attached hydrogen (secondary N) is 1. The molecule has 1 N–H and O–H groups in total. The third kappa shape index (κ3) is 2.41. The Hall–Kier alpha value is -1.66. The summed E-state index contributed by atoms with van der Waals surface area (Å²) in [6.45, 7) is 1.78. The van der Waals surface area contributed by atoms with E-state index in [-0.39, 0.29) is 5.91 Å². The third-order valence-electron chi connectivity index (χ3n) is 3.25. The van der Waals surface area contributed by atoms with Gasteiger partial charge in [0.2, 0.25) is 0 Å². The number of amides is 1. The number of ether oxygens (including phenoxy) is 1. The summed E-state index contributed by atoms with van der Waals surface area (Å²) in [7, 11) is 1.94. The molecule has 6 heteroatoms. The van der Waals surface area contributed by atoms with Crippen LogP contribution in [0.15, 0.2) is 17.5 Å². The molecule has 0 atom stereocenters. The second kappa shape index (κ2) is 5.14. The van der Waals surface area contributed by atoms with Gasteiger partial charge in [-0.1, -0.05) is 6.07 Å². The molecule has 0 bridgehead atoms. The van der Waals surface area contributed by atoms with Crippen molar-refractivity contribution in [3.8, 4) is 0 Å². The van der Waals surface area contributed by atoms with E-state index in [1.807, 2.05) is 29.2 Å². The Kier molecular flexibility index (Phi) is 3.35. The summed E-state index contributed by atoms with van der Waals surface area (Å²) in [6, 6.07) is 3.69. The molecule has 100 valence electrons. The minimum atomic E-state index is -0.0499. The quantitative estimate of drug-likeness (QED) is 0.924. The minimum absolute atomic E-state index is 0.0499. The number of carbonyl (C=O) groups excluding carboxylic acids is 1. The van der Waals surface area contributed by atoms with Gasteiger partial charge in [0, 0.05) is 24.7 Å². The Morgan fingerprint density at radius 1 is 1.63 bits per heavy atom. The Labute approximate surface area is 115 Å². The summed E-state index contributed by atoms with van der Waals surface area (Å²) >= 11 is 1.44. The van der Waals surface area contributed by atoms with Gasteiger partial charge in [0.05, 0.1) is 30.3 Å². The molecule has 19 heavy (non-hydrogen) atoms. The van der Waals surface area contributed by atoms with Crippen molar-refractivity contribution in [2.24, 2.45) is 7.05 Å². The smallest absolute Gasteiger partial charge is 0.261 e. The molecule has 0 saturated carbocycles. The molecule has 0 unspecified atom stereocenters. The monoisotopic (exact) mass is 277 g/mol. The first-order chi connectivity index (χ1) is 9.25. The predicted molar refractivity (Wildman–Crippen MR) is 72.1 cm³/mol. The molecular weight excluding hydrogens is 262 g/mol. The molecule has 0 fully saturated rings. The van der Waals surface area contributed by atoms with E-state index >= 15 is 0 Å². The van der Waals surface area contributed by atoms with E-state index in [4.69, 9.17) is 4.74 Å². The highest BCUT2D eigenvalue weighted by Gasteiger charge is 2.20. The van der Waals surface area contributed by atoms with Gasteiger partial charge >= 0.3 is 0 Å². The lowest BCUT2D eigenvalue weighted by Crippen LogP contribution is -2.23. The number of rotatable bonds is 3. The number of aromatic nitrogens is 2. The summed E-state index contributed by atoms with van der Waals surface area (Å²) in [5.74, 6) is -0.0499. The summed E-state index contributed by atoms with van der Waals surface area (Å²) < 4.78 is 7.36. The van der Waals surface area contributed by atoms with Crippen LogP contribution in [0.4, 0.5) is 0 Å². The number of carbonyl (C=O) groups is 1. The molecule has 0 aromatic carbocycles. The van der Waals surface area contributed by atoms with Crippen LogP contribution in [-0.2, 0) is 31.4 Å². The van der Waals surface area contributed by atoms with Crippen molar-refractivity contribution in [2.45, 2.75) is 19.6 Å². The van der Waals surface area contributed by atoms with Crippen molar-refractivity contribution in [3.05, 3.63) is 39.3 Å². The van der Waals surface area contributed by atoms with E-state index in [1.54, 1.807) is 0 Å². The lowest BCUT2D eigenvalue weighted by atomic mass is 10.1. The van der Waals surface area contributed by atoms with Gasteiger partial charge in [0.15, 0.2) is 0 Å². The molecule has 1 amide bonds. The van der Waals surface area contributed by atoms with Gasteiger partial charge in [-0.15, -0.1) is 11.3 Å². The van der Waals surface area contributed by atoms with Crippen molar-refractivity contribution in [1.82, 2.24) is 15.1 Å². The Bertz CT molecular complexity index is 589. The molecule has 0 aliphatic carbocycles. The van der Waals surface area contributed by atoms with Gasteiger partial charge in [0.1, 0.15) is 0 Å². The second-order valence-corrected chi connectivity index (χ2v) is 5.41. The van der Waals surface area contributed by atoms with Gasteiger partial charge in [-0.3, -0.25) is 9.48 Å². The average Bonchev–Trinajstić information content (AvgIpc) is 3.06. The van der Waals surface area contributed by atoms with Crippen LogP contribution in [0.25, 0.3) is 0 Å². The molecule has 0 spiro atoms. The SMILES string of the molecule is Cn1nc(CNC(=O)c2cccs2)c2c1CCOC2. The van der Waals surface area contributed by atoms with E-state index in [2.05, 4.69) is 10.4 Å². The minimum Gasteiger partial charge on any atom is -0.376 e. The first-order valence-corrected chi connectivity index (χ1v) is 7.06. The van der Waals surface area contributed by atoms with Gasteiger partial charge in [-0.2, -0.15) is 5.10 Å². The van der Waals surface area contributed by atoms with Gasteiger partial charge in [-0.05, 0) is 11.4 Å². The molecule has 3 rings (SSSR count). The molecule has 5 nitrogen and oxygen atoms in total. The Balaban J connectivity index is 1.72. The molecule has 1 aliphatic rings. The van der Waals surface area contributed by atoms with Crippen molar-refractivity contribution >= 4 is 17.2 Å². The van der Waals surface area contributed by atoms with Gasteiger partial charge < -0.3 is 10.1 Å². The van der Waals surface area contributed by atoms with E-state index < -0.39 is 0 Å². The maximum Gasteiger partial charge on any atom is 0.261 e. The maximum atomic E-state index is 11.9. The average molecular weight is 277 g/mol. The zero-order chi connectivity index (χ0) is 13.2. The van der Waals surface area contributed by atoms with E-state index in [9.17, 15) is 4.79 Å². The number of hydrogen-bond acceptors (Lipinski definition) is 4. The van der Waals surface area contributed by atoms with Crippen LogP contribution in [0.1, 0.15) is 26.6 Å².